The van der Waals surface area contributed by atoms with Crippen molar-refractivity contribution < 1.29 is 14.6 Å². The van der Waals surface area contributed by atoms with Crippen molar-refractivity contribution in [3.05, 3.63) is 70.3 Å². The molecule has 0 radical (unpaired) electrons. The number of hydrogen-bond donors (Lipinski definition) is 2. The minimum atomic E-state index is -0.424. The maximum absolute atomic E-state index is 13.2. The standard InChI is InChI=1S/C32H39ClN2O3S/c1-20-5-3-7-29(36)26-11-8-24(26)17-35-18-32(14-4-6-22-15-25(33)10-12-27(22)32)19-38-30-13-9-23(16-28(30)35)31(37)34-39-21(20)2/h3,7,9-10,12-13,15-16,20-21,24,26,29,36H,4-6,8,11,14,17-19H2,1-2H3,(H,34,37)/b7-3+/t20-,21+,24-,26+,29-,32-/m0/s1. The number of carbonyl (C=O) groups is 1. The Labute approximate surface area is 241 Å². The van der Waals surface area contributed by atoms with E-state index in [0.29, 0.717) is 24.0 Å². The second-order valence-corrected chi connectivity index (χ2v) is 13.8. The summed E-state index contributed by atoms with van der Waals surface area (Å²) in [6, 6.07) is 12.2. The molecule has 39 heavy (non-hydrogen) atoms. The first-order valence-corrected chi connectivity index (χ1v) is 15.7. The van der Waals surface area contributed by atoms with Crippen LogP contribution in [0.1, 0.15) is 67.4 Å². The summed E-state index contributed by atoms with van der Waals surface area (Å²) in [5.41, 5.74) is 4.14. The highest BCUT2D eigenvalue weighted by atomic mass is 35.5. The normalized spacial score (nSPS) is 33.6. The first-order chi connectivity index (χ1) is 18.8. The number of aliphatic hydroxyl groups excluding tert-OH is 1. The van der Waals surface area contributed by atoms with E-state index in [9.17, 15) is 9.90 Å². The van der Waals surface area contributed by atoms with Gasteiger partial charge in [-0.1, -0.05) is 43.7 Å². The van der Waals surface area contributed by atoms with Gasteiger partial charge in [0, 0.05) is 34.3 Å². The van der Waals surface area contributed by atoms with E-state index in [1.54, 1.807) is 0 Å². The van der Waals surface area contributed by atoms with Gasteiger partial charge in [0.05, 0.1) is 18.4 Å². The maximum Gasteiger partial charge on any atom is 0.261 e. The number of halogens is 1. The van der Waals surface area contributed by atoms with Crippen LogP contribution in [0.3, 0.4) is 0 Å². The van der Waals surface area contributed by atoms with Gasteiger partial charge < -0.3 is 14.7 Å². The molecule has 1 saturated carbocycles. The number of rotatable bonds is 0. The number of aliphatic hydroxyl groups is 1. The van der Waals surface area contributed by atoms with E-state index in [1.807, 2.05) is 30.3 Å². The Hall–Kier alpha value is -2.15. The molecule has 2 aromatic carbocycles. The summed E-state index contributed by atoms with van der Waals surface area (Å²) >= 11 is 7.88. The maximum atomic E-state index is 13.2. The lowest BCUT2D eigenvalue weighted by atomic mass is 9.68. The molecule has 0 saturated heterocycles. The molecule has 1 fully saturated rings. The molecular weight excluding hydrogens is 528 g/mol. The summed E-state index contributed by atoms with van der Waals surface area (Å²) in [6.07, 6.45) is 9.93. The van der Waals surface area contributed by atoms with Crippen LogP contribution in [0.15, 0.2) is 48.6 Å². The number of hydrogen-bond acceptors (Lipinski definition) is 5. The molecule has 2 aliphatic carbocycles. The summed E-state index contributed by atoms with van der Waals surface area (Å²) in [7, 11) is 0. The van der Waals surface area contributed by atoms with Crippen molar-refractivity contribution in [3.63, 3.8) is 0 Å². The van der Waals surface area contributed by atoms with Gasteiger partial charge in [-0.15, -0.1) is 0 Å². The summed E-state index contributed by atoms with van der Waals surface area (Å²) in [6.45, 7) is 6.59. The summed E-state index contributed by atoms with van der Waals surface area (Å²) in [4.78, 5) is 15.7. The molecule has 6 atom stereocenters. The Morgan fingerprint density at radius 1 is 1.18 bits per heavy atom. The minimum absolute atomic E-state index is 0.0713. The number of ether oxygens (including phenoxy) is 1. The van der Waals surface area contributed by atoms with Crippen LogP contribution < -0.4 is 14.4 Å². The fraction of sp³-hybridized carbons (Fsp3) is 0.531. The van der Waals surface area contributed by atoms with Gasteiger partial charge in [-0.05, 0) is 110 Å². The molecule has 2 bridgehead atoms. The molecule has 1 spiro atoms. The van der Waals surface area contributed by atoms with E-state index in [0.717, 1.165) is 68.1 Å². The van der Waals surface area contributed by atoms with Gasteiger partial charge in [0.2, 0.25) is 0 Å². The number of carbonyl (C=O) groups excluding carboxylic acids is 1. The Morgan fingerprint density at radius 2 is 2.05 bits per heavy atom. The zero-order valence-electron chi connectivity index (χ0n) is 22.9. The van der Waals surface area contributed by atoms with Gasteiger partial charge in [0.15, 0.2) is 0 Å². The SMILES string of the molecule is C[C@H]1C/C=C/[C@H](O)[C@@H]2CC[C@H]2CN2C[C@@]3(CCCc4cc(Cl)ccc43)COc3ccc(cc32)C(=O)NS[C@@H]1C. The predicted octanol–water partition coefficient (Wildman–Crippen LogP) is 6.56. The summed E-state index contributed by atoms with van der Waals surface area (Å²) in [5, 5.41) is 12.1. The summed E-state index contributed by atoms with van der Waals surface area (Å²) < 4.78 is 9.67. The first kappa shape index (κ1) is 27.0. The fourth-order valence-corrected chi connectivity index (χ4v) is 7.85. The number of nitrogens with zero attached hydrogens (tertiary/aromatic N) is 1. The molecular formula is C32H39ClN2O3S. The third-order valence-corrected chi connectivity index (χ3v) is 11.0. The quantitative estimate of drug-likeness (QED) is 0.279. The zero-order valence-corrected chi connectivity index (χ0v) is 24.4. The first-order valence-electron chi connectivity index (χ1n) is 14.4. The highest BCUT2D eigenvalue weighted by Gasteiger charge is 2.44. The van der Waals surface area contributed by atoms with E-state index in [-0.39, 0.29) is 22.5 Å². The van der Waals surface area contributed by atoms with E-state index < -0.39 is 6.10 Å². The van der Waals surface area contributed by atoms with Crippen LogP contribution in [0, 0.1) is 17.8 Å². The Morgan fingerprint density at radius 3 is 2.87 bits per heavy atom. The molecule has 2 N–H and O–H groups in total. The van der Waals surface area contributed by atoms with Gasteiger partial charge in [-0.3, -0.25) is 9.52 Å². The second-order valence-electron chi connectivity index (χ2n) is 12.2. The van der Waals surface area contributed by atoms with E-state index in [2.05, 4.69) is 41.7 Å². The van der Waals surface area contributed by atoms with Crippen LogP contribution >= 0.6 is 23.5 Å². The molecule has 2 heterocycles. The van der Waals surface area contributed by atoms with E-state index >= 15 is 0 Å². The number of allylic oxidation sites excluding steroid dienone is 1. The Kier molecular flexibility index (Phi) is 7.64. The molecule has 0 aromatic heterocycles. The number of aryl methyl sites for hydroxylation is 1. The van der Waals surface area contributed by atoms with Crippen LogP contribution in [-0.2, 0) is 11.8 Å². The fourth-order valence-electron chi connectivity index (χ4n) is 6.90. The van der Waals surface area contributed by atoms with Crippen molar-refractivity contribution in [3.8, 4) is 5.75 Å². The number of amides is 1. The molecule has 7 heteroatoms. The van der Waals surface area contributed by atoms with Crippen LogP contribution in [-0.4, -0.2) is 42.1 Å². The highest BCUT2D eigenvalue weighted by Crippen LogP contribution is 2.46. The monoisotopic (exact) mass is 566 g/mol. The number of anilines is 1. The van der Waals surface area contributed by atoms with Crippen LogP contribution in [0.4, 0.5) is 5.69 Å². The third-order valence-electron chi connectivity index (χ3n) is 9.65. The van der Waals surface area contributed by atoms with E-state index in [1.165, 1.54) is 23.1 Å². The van der Waals surface area contributed by atoms with Gasteiger partial charge in [-0.2, -0.15) is 0 Å². The number of benzene rings is 2. The Bertz CT molecular complexity index is 1270. The zero-order chi connectivity index (χ0) is 27.1. The molecule has 5 nitrogen and oxygen atoms in total. The lowest BCUT2D eigenvalue weighted by Crippen LogP contribution is -2.49. The average molecular weight is 567 g/mol. The molecule has 2 aliphatic heterocycles. The van der Waals surface area contributed by atoms with Gasteiger partial charge in [0.25, 0.3) is 5.91 Å². The highest BCUT2D eigenvalue weighted by molar-refractivity contribution is 7.98. The van der Waals surface area contributed by atoms with Crippen molar-refractivity contribution >= 4 is 35.1 Å². The van der Waals surface area contributed by atoms with Gasteiger partial charge in [0.1, 0.15) is 5.75 Å². The predicted molar refractivity (Wildman–Crippen MR) is 160 cm³/mol. The number of fused-ring (bicyclic) bond motifs is 4. The number of nitrogens with one attached hydrogen (secondary N) is 1. The van der Waals surface area contributed by atoms with Crippen LogP contribution in [0.2, 0.25) is 5.02 Å². The van der Waals surface area contributed by atoms with Gasteiger partial charge >= 0.3 is 0 Å². The molecule has 6 rings (SSSR count). The third kappa shape index (κ3) is 5.32. The average Bonchev–Trinajstić information content (AvgIpc) is 3.05. The largest absolute Gasteiger partial charge is 0.490 e. The topological polar surface area (TPSA) is 61.8 Å². The smallest absolute Gasteiger partial charge is 0.261 e. The van der Waals surface area contributed by atoms with Crippen molar-refractivity contribution in [1.29, 1.82) is 0 Å². The summed E-state index contributed by atoms with van der Waals surface area (Å²) in [5.74, 6) is 1.78. The van der Waals surface area contributed by atoms with Crippen molar-refractivity contribution in [2.75, 3.05) is 24.6 Å². The van der Waals surface area contributed by atoms with Gasteiger partial charge in [-0.25, -0.2) is 0 Å². The lowest BCUT2D eigenvalue weighted by Gasteiger charge is -2.45. The van der Waals surface area contributed by atoms with Crippen molar-refractivity contribution in [2.24, 2.45) is 17.8 Å². The lowest BCUT2D eigenvalue weighted by molar-refractivity contribution is 0.0456. The molecule has 4 aliphatic rings. The molecule has 1 amide bonds. The van der Waals surface area contributed by atoms with Crippen molar-refractivity contribution in [1.82, 2.24) is 4.72 Å². The Balaban J connectivity index is 1.39. The minimum Gasteiger partial charge on any atom is -0.490 e. The second kappa shape index (κ2) is 11.0. The van der Waals surface area contributed by atoms with E-state index in [4.69, 9.17) is 16.3 Å². The van der Waals surface area contributed by atoms with Crippen molar-refractivity contribution in [2.45, 2.75) is 69.1 Å². The van der Waals surface area contributed by atoms with Crippen LogP contribution in [0.25, 0.3) is 0 Å². The molecule has 2 aromatic rings. The van der Waals surface area contributed by atoms with Crippen LogP contribution in [0.5, 0.6) is 5.75 Å². The molecule has 0 unspecified atom stereocenters. The molecule has 208 valence electrons.